The van der Waals surface area contributed by atoms with Crippen molar-refractivity contribution in [2.75, 3.05) is 0 Å². The van der Waals surface area contributed by atoms with Gasteiger partial charge in [-0.05, 0) is 17.7 Å². The predicted molar refractivity (Wildman–Crippen MR) is 60.2 cm³/mol. The third-order valence-electron chi connectivity index (χ3n) is 1.62. The zero-order chi connectivity index (χ0) is 10.6. The van der Waals surface area contributed by atoms with Crippen LogP contribution in [0.5, 0.6) is 0 Å². The SMILES string of the molecule is Cl.NC(N)=NCc1cccc(C(=O)O)c1. The Labute approximate surface area is 93.2 Å². The summed E-state index contributed by atoms with van der Waals surface area (Å²) in [7, 11) is 0. The van der Waals surface area contributed by atoms with Crippen LogP contribution in [0.1, 0.15) is 15.9 Å². The van der Waals surface area contributed by atoms with Gasteiger partial charge in [-0.25, -0.2) is 9.79 Å². The van der Waals surface area contributed by atoms with Crippen LogP contribution in [-0.4, -0.2) is 17.0 Å². The zero-order valence-electron chi connectivity index (χ0n) is 7.88. The Morgan fingerprint density at radius 1 is 1.40 bits per heavy atom. The molecule has 0 aromatic heterocycles. The fourth-order valence-corrected chi connectivity index (χ4v) is 0.985. The first kappa shape index (κ1) is 13.2. The molecule has 1 rings (SSSR count). The largest absolute Gasteiger partial charge is 0.478 e. The first-order valence-electron chi connectivity index (χ1n) is 3.97. The molecule has 0 spiro atoms. The number of rotatable bonds is 3. The summed E-state index contributed by atoms with van der Waals surface area (Å²) in [5, 5.41) is 8.70. The molecule has 0 saturated carbocycles. The Morgan fingerprint density at radius 3 is 2.60 bits per heavy atom. The number of benzene rings is 1. The monoisotopic (exact) mass is 229 g/mol. The van der Waals surface area contributed by atoms with Crippen molar-refractivity contribution in [1.82, 2.24) is 0 Å². The van der Waals surface area contributed by atoms with E-state index in [4.69, 9.17) is 16.6 Å². The highest BCUT2D eigenvalue weighted by molar-refractivity contribution is 5.87. The Hall–Kier alpha value is -1.75. The lowest BCUT2D eigenvalue weighted by atomic mass is 10.1. The summed E-state index contributed by atoms with van der Waals surface area (Å²) in [6.45, 7) is 0.295. The molecule has 0 aliphatic heterocycles. The van der Waals surface area contributed by atoms with Gasteiger partial charge in [0.15, 0.2) is 5.96 Å². The molecular formula is C9H12ClN3O2. The van der Waals surface area contributed by atoms with E-state index in [0.29, 0.717) is 6.54 Å². The van der Waals surface area contributed by atoms with E-state index >= 15 is 0 Å². The molecule has 0 radical (unpaired) electrons. The second kappa shape index (κ2) is 5.87. The van der Waals surface area contributed by atoms with Gasteiger partial charge in [0, 0.05) is 0 Å². The molecule has 1 aromatic carbocycles. The van der Waals surface area contributed by atoms with Gasteiger partial charge in [0.2, 0.25) is 0 Å². The molecule has 15 heavy (non-hydrogen) atoms. The van der Waals surface area contributed by atoms with Crippen LogP contribution in [0.25, 0.3) is 0 Å². The van der Waals surface area contributed by atoms with E-state index < -0.39 is 5.97 Å². The molecule has 1 aromatic rings. The van der Waals surface area contributed by atoms with E-state index in [-0.39, 0.29) is 23.9 Å². The summed E-state index contributed by atoms with van der Waals surface area (Å²) in [6.07, 6.45) is 0. The van der Waals surface area contributed by atoms with Gasteiger partial charge < -0.3 is 16.6 Å². The summed E-state index contributed by atoms with van der Waals surface area (Å²) in [6, 6.07) is 6.47. The third-order valence-corrected chi connectivity index (χ3v) is 1.62. The van der Waals surface area contributed by atoms with Crippen LogP contribution in [0, 0.1) is 0 Å². The summed E-state index contributed by atoms with van der Waals surface area (Å²) in [5.41, 5.74) is 11.3. The second-order valence-corrected chi connectivity index (χ2v) is 2.75. The molecule has 0 heterocycles. The van der Waals surface area contributed by atoms with Crippen molar-refractivity contribution in [2.45, 2.75) is 6.54 Å². The van der Waals surface area contributed by atoms with Crippen molar-refractivity contribution in [1.29, 1.82) is 0 Å². The Kier molecular flexibility index (Phi) is 5.19. The number of aliphatic imine (C=N–C) groups is 1. The summed E-state index contributed by atoms with van der Waals surface area (Å²) >= 11 is 0. The number of nitrogens with two attached hydrogens (primary N) is 2. The molecule has 0 saturated heterocycles. The maximum Gasteiger partial charge on any atom is 0.335 e. The minimum Gasteiger partial charge on any atom is -0.478 e. The highest BCUT2D eigenvalue weighted by Crippen LogP contribution is 2.06. The molecule has 0 unspecified atom stereocenters. The number of nitrogens with zero attached hydrogens (tertiary/aromatic N) is 1. The van der Waals surface area contributed by atoms with Gasteiger partial charge in [-0.2, -0.15) is 0 Å². The normalized spacial score (nSPS) is 8.80. The molecule has 0 bridgehead atoms. The fraction of sp³-hybridized carbons (Fsp3) is 0.111. The molecule has 5 nitrogen and oxygen atoms in total. The lowest BCUT2D eigenvalue weighted by molar-refractivity contribution is 0.0697. The molecule has 0 amide bonds. The van der Waals surface area contributed by atoms with Gasteiger partial charge in [0.25, 0.3) is 0 Å². The average molecular weight is 230 g/mol. The zero-order valence-corrected chi connectivity index (χ0v) is 8.70. The van der Waals surface area contributed by atoms with Crippen LogP contribution >= 0.6 is 12.4 Å². The molecular weight excluding hydrogens is 218 g/mol. The van der Waals surface area contributed by atoms with Crippen molar-refractivity contribution < 1.29 is 9.90 Å². The fourth-order valence-electron chi connectivity index (χ4n) is 0.985. The van der Waals surface area contributed by atoms with Gasteiger partial charge in [-0.1, -0.05) is 12.1 Å². The molecule has 6 heteroatoms. The summed E-state index contributed by atoms with van der Waals surface area (Å²) in [4.78, 5) is 14.4. The molecule has 0 aliphatic carbocycles. The topological polar surface area (TPSA) is 102 Å². The van der Waals surface area contributed by atoms with Gasteiger partial charge in [0.05, 0.1) is 12.1 Å². The molecule has 0 fully saturated rings. The number of aromatic carboxylic acids is 1. The van der Waals surface area contributed by atoms with Crippen LogP contribution in [0.15, 0.2) is 29.3 Å². The predicted octanol–water partition coefficient (Wildman–Crippen LogP) is 0.580. The molecule has 0 aliphatic rings. The van der Waals surface area contributed by atoms with Crippen LogP contribution < -0.4 is 11.5 Å². The van der Waals surface area contributed by atoms with E-state index in [1.54, 1.807) is 12.1 Å². The van der Waals surface area contributed by atoms with E-state index in [9.17, 15) is 4.79 Å². The summed E-state index contributed by atoms with van der Waals surface area (Å²) < 4.78 is 0. The molecule has 0 atom stereocenters. The number of carboxylic acids is 1. The minimum atomic E-state index is -0.962. The Bertz CT molecular complexity index is 375. The van der Waals surface area contributed by atoms with E-state index in [0.717, 1.165) is 5.56 Å². The van der Waals surface area contributed by atoms with E-state index in [1.165, 1.54) is 12.1 Å². The van der Waals surface area contributed by atoms with Crippen molar-refractivity contribution in [3.8, 4) is 0 Å². The average Bonchev–Trinajstić information content (AvgIpc) is 2.15. The second-order valence-electron chi connectivity index (χ2n) is 2.75. The first-order valence-corrected chi connectivity index (χ1v) is 3.97. The van der Waals surface area contributed by atoms with Crippen molar-refractivity contribution in [3.63, 3.8) is 0 Å². The quantitative estimate of drug-likeness (QED) is 0.521. The van der Waals surface area contributed by atoms with Crippen molar-refractivity contribution >= 4 is 24.3 Å². The van der Waals surface area contributed by atoms with E-state index in [2.05, 4.69) is 4.99 Å². The first-order chi connectivity index (χ1) is 6.59. The van der Waals surface area contributed by atoms with Crippen LogP contribution in [0.3, 0.4) is 0 Å². The number of hydrogen-bond donors (Lipinski definition) is 3. The van der Waals surface area contributed by atoms with Gasteiger partial charge >= 0.3 is 5.97 Å². The minimum absolute atomic E-state index is 0. The maximum atomic E-state index is 10.6. The number of halogens is 1. The highest BCUT2D eigenvalue weighted by atomic mass is 35.5. The van der Waals surface area contributed by atoms with Crippen molar-refractivity contribution in [3.05, 3.63) is 35.4 Å². The van der Waals surface area contributed by atoms with Gasteiger partial charge in [0.1, 0.15) is 0 Å². The molecule has 5 N–H and O–H groups in total. The number of hydrogen-bond acceptors (Lipinski definition) is 2. The summed E-state index contributed by atoms with van der Waals surface area (Å²) in [5.74, 6) is -0.970. The third kappa shape index (κ3) is 4.33. The maximum absolute atomic E-state index is 10.6. The lowest BCUT2D eigenvalue weighted by Crippen LogP contribution is -2.22. The van der Waals surface area contributed by atoms with Crippen LogP contribution in [0.4, 0.5) is 0 Å². The number of carboxylic acid groups (broad SMARTS) is 1. The number of guanidine groups is 1. The van der Waals surface area contributed by atoms with Crippen LogP contribution in [0.2, 0.25) is 0 Å². The standard InChI is InChI=1S/C9H11N3O2.ClH/c10-9(11)12-5-6-2-1-3-7(4-6)8(13)14;/h1-4H,5H2,(H,13,14)(H4,10,11,12);1H. The van der Waals surface area contributed by atoms with Gasteiger partial charge in [-0.3, -0.25) is 0 Å². The van der Waals surface area contributed by atoms with Crippen LogP contribution in [-0.2, 0) is 6.54 Å². The highest BCUT2D eigenvalue weighted by Gasteiger charge is 2.02. The van der Waals surface area contributed by atoms with Crippen molar-refractivity contribution in [2.24, 2.45) is 16.5 Å². The van der Waals surface area contributed by atoms with E-state index in [1.807, 2.05) is 0 Å². The van der Waals surface area contributed by atoms with Gasteiger partial charge in [-0.15, -0.1) is 12.4 Å². The Morgan fingerprint density at radius 2 is 2.07 bits per heavy atom. The number of carbonyl (C=O) groups is 1. The lowest BCUT2D eigenvalue weighted by Gasteiger charge is -1.99. The molecule has 82 valence electrons. The Balaban J connectivity index is 0.00000196. The smallest absolute Gasteiger partial charge is 0.335 e.